The molecule has 1 heterocycles. The van der Waals surface area contributed by atoms with Crippen LogP contribution in [0, 0.1) is 5.92 Å². The van der Waals surface area contributed by atoms with Gasteiger partial charge in [0.05, 0.1) is 12.8 Å². The maximum absolute atomic E-state index is 12.1. The first-order chi connectivity index (χ1) is 13.6. The number of benzene rings is 1. The van der Waals surface area contributed by atoms with Crippen LogP contribution in [0.2, 0.25) is 0 Å². The number of carbonyl (C=O) groups is 1. The minimum atomic E-state index is -0.307. The van der Waals surface area contributed by atoms with Crippen LogP contribution in [0.4, 0.5) is 0 Å². The van der Waals surface area contributed by atoms with Gasteiger partial charge in [-0.3, -0.25) is 4.79 Å². The third-order valence-corrected chi connectivity index (χ3v) is 4.70. The van der Waals surface area contributed by atoms with Crippen LogP contribution in [0.3, 0.4) is 0 Å². The lowest BCUT2D eigenvalue weighted by Crippen LogP contribution is -2.14. The highest BCUT2D eigenvalue weighted by molar-refractivity contribution is 5.72. The van der Waals surface area contributed by atoms with Crippen molar-refractivity contribution in [3.8, 4) is 23.0 Å². The molecule has 1 aromatic heterocycles. The molecule has 1 atom stereocenters. The number of hydrogen-bond donors (Lipinski definition) is 0. The molecule has 1 aromatic carbocycles. The van der Waals surface area contributed by atoms with Gasteiger partial charge < -0.3 is 9.47 Å². The fourth-order valence-electron chi connectivity index (χ4n) is 2.77. The van der Waals surface area contributed by atoms with Gasteiger partial charge in [-0.2, -0.15) is 9.97 Å². The third-order valence-electron chi connectivity index (χ3n) is 4.70. The molecule has 28 heavy (non-hydrogen) atoms. The predicted octanol–water partition coefficient (Wildman–Crippen LogP) is 5.83. The van der Waals surface area contributed by atoms with E-state index in [1.807, 2.05) is 37.3 Å². The molecule has 0 N–H and O–H groups in total. The van der Waals surface area contributed by atoms with E-state index in [-0.39, 0.29) is 17.9 Å². The van der Waals surface area contributed by atoms with Gasteiger partial charge in [0.15, 0.2) is 5.75 Å². The molecule has 0 bridgehead atoms. The first kappa shape index (κ1) is 21.9. The minimum Gasteiger partial charge on any atom is -0.490 e. The average molecular weight is 385 g/mol. The third kappa shape index (κ3) is 7.29. The van der Waals surface area contributed by atoms with Crippen LogP contribution in [0.25, 0.3) is 11.3 Å². The number of aromatic nitrogens is 2. The van der Waals surface area contributed by atoms with Crippen LogP contribution in [0.1, 0.15) is 65.7 Å². The Kier molecular flexibility index (Phi) is 9.46. The Balaban J connectivity index is 2.08. The van der Waals surface area contributed by atoms with Crippen LogP contribution >= 0.6 is 0 Å². The summed E-state index contributed by atoms with van der Waals surface area (Å²) in [7, 11) is 0. The molecule has 0 saturated heterocycles. The standard InChI is InChI=1S/C23H32N2O3/c1-4-6-7-8-12-15-27-20-17-24-23(28-21(26)16-18(3)5-2)25-22(20)19-13-10-9-11-14-19/h9-11,13-14,17-18H,4-8,12,15-16H2,1-3H3. The summed E-state index contributed by atoms with van der Waals surface area (Å²) in [6.07, 6.45) is 8.76. The van der Waals surface area contributed by atoms with Crippen molar-refractivity contribution in [2.75, 3.05) is 6.61 Å². The fraction of sp³-hybridized carbons (Fsp3) is 0.522. The van der Waals surface area contributed by atoms with Gasteiger partial charge in [0.2, 0.25) is 0 Å². The summed E-state index contributed by atoms with van der Waals surface area (Å²) in [5, 5.41) is 0. The lowest BCUT2D eigenvalue weighted by Gasteiger charge is -2.12. The summed E-state index contributed by atoms with van der Waals surface area (Å²) in [6.45, 7) is 6.91. The SMILES string of the molecule is CCCCCCCOc1cnc(OC(=O)CC(C)CC)nc1-c1ccccc1. The Morgan fingerprint density at radius 3 is 2.54 bits per heavy atom. The Hall–Kier alpha value is -2.43. The summed E-state index contributed by atoms with van der Waals surface area (Å²) >= 11 is 0. The van der Waals surface area contributed by atoms with E-state index >= 15 is 0 Å². The fourth-order valence-corrected chi connectivity index (χ4v) is 2.77. The van der Waals surface area contributed by atoms with E-state index in [1.54, 1.807) is 6.20 Å². The highest BCUT2D eigenvalue weighted by atomic mass is 16.5. The van der Waals surface area contributed by atoms with Gasteiger partial charge in [-0.1, -0.05) is 83.2 Å². The van der Waals surface area contributed by atoms with E-state index in [2.05, 4.69) is 23.8 Å². The van der Waals surface area contributed by atoms with Crippen LogP contribution in [0.15, 0.2) is 36.5 Å². The zero-order chi connectivity index (χ0) is 20.2. The lowest BCUT2D eigenvalue weighted by molar-refractivity contribution is -0.135. The van der Waals surface area contributed by atoms with Gasteiger partial charge in [0, 0.05) is 12.0 Å². The molecule has 2 aromatic rings. The highest BCUT2D eigenvalue weighted by Crippen LogP contribution is 2.29. The van der Waals surface area contributed by atoms with Gasteiger partial charge in [0.25, 0.3) is 0 Å². The number of carbonyl (C=O) groups excluding carboxylic acids is 1. The monoisotopic (exact) mass is 384 g/mol. The molecular formula is C23H32N2O3. The van der Waals surface area contributed by atoms with Crippen molar-refractivity contribution in [3.63, 3.8) is 0 Å². The minimum absolute atomic E-state index is 0.0717. The van der Waals surface area contributed by atoms with Crippen molar-refractivity contribution in [1.82, 2.24) is 9.97 Å². The van der Waals surface area contributed by atoms with Crippen LogP contribution in [0.5, 0.6) is 11.8 Å². The summed E-state index contributed by atoms with van der Waals surface area (Å²) in [6, 6.07) is 9.83. The molecule has 5 heteroatoms. The maximum atomic E-state index is 12.1. The molecule has 0 aliphatic rings. The van der Waals surface area contributed by atoms with Gasteiger partial charge >= 0.3 is 12.0 Å². The second-order valence-corrected chi connectivity index (χ2v) is 7.19. The zero-order valence-corrected chi connectivity index (χ0v) is 17.3. The highest BCUT2D eigenvalue weighted by Gasteiger charge is 2.15. The van der Waals surface area contributed by atoms with E-state index in [0.717, 1.165) is 24.8 Å². The molecule has 1 unspecified atom stereocenters. The van der Waals surface area contributed by atoms with E-state index in [1.165, 1.54) is 19.3 Å². The maximum Gasteiger partial charge on any atom is 0.325 e. The molecule has 0 aliphatic heterocycles. The number of ether oxygens (including phenoxy) is 2. The molecule has 0 aliphatic carbocycles. The summed E-state index contributed by atoms with van der Waals surface area (Å²) in [5.41, 5.74) is 1.56. The molecular weight excluding hydrogens is 352 g/mol. The Labute approximate surface area is 168 Å². The summed E-state index contributed by atoms with van der Waals surface area (Å²) in [5.74, 6) is 0.581. The smallest absolute Gasteiger partial charge is 0.325 e. The van der Waals surface area contributed by atoms with E-state index < -0.39 is 0 Å². The molecule has 0 amide bonds. The van der Waals surface area contributed by atoms with E-state index in [4.69, 9.17) is 9.47 Å². The molecule has 0 saturated carbocycles. The van der Waals surface area contributed by atoms with Crippen molar-refractivity contribution in [3.05, 3.63) is 36.5 Å². The Morgan fingerprint density at radius 1 is 1.07 bits per heavy atom. The average Bonchev–Trinajstić information content (AvgIpc) is 2.71. The summed E-state index contributed by atoms with van der Waals surface area (Å²) < 4.78 is 11.3. The second-order valence-electron chi connectivity index (χ2n) is 7.19. The second kappa shape index (κ2) is 12.1. The largest absolute Gasteiger partial charge is 0.490 e. The van der Waals surface area contributed by atoms with Crippen molar-refractivity contribution in [2.45, 2.75) is 65.7 Å². The predicted molar refractivity (Wildman–Crippen MR) is 111 cm³/mol. The van der Waals surface area contributed by atoms with Crippen molar-refractivity contribution in [2.24, 2.45) is 5.92 Å². The van der Waals surface area contributed by atoms with Gasteiger partial charge in [-0.25, -0.2) is 0 Å². The molecule has 5 nitrogen and oxygen atoms in total. The van der Waals surface area contributed by atoms with Crippen LogP contribution in [-0.2, 0) is 4.79 Å². The quantitative estimate of drug-likeness (QED) is 0.340. The first-order valence-corrected chi connectivity index (χ1v) is 10.4. The zero-order valence-electron chi connectivity index (χ0n) is 17.3. The summed E-state index contributed by atoms with van der Waals surface area (Å²) in [4.78, 5) is 20.7. The number of rotatable bonds is 12. The topological polar surface area (TPSA) is 61.3 Å². The first-order valence-electron chi connectivity index (χ1n) is 10.4. The lowest BCUT2D eigenvalue weighted by atomic mass is 10.1. The number of esters is 1. The van der Waals surface area contributed by atoms with Crippen molar-refractivity contribution >= 4 is 5.97 Å². The van der Waals surface area contributed by atoms with Crippen LogP contribution < -0.4 is 9.47 Å². The van der Waals surface area contributed by atoms with Gasteiger partial charge in [-0.15, -0.1) is 0 Å². The molecule has 0 fully saturated rings. The normalized spacial score (nSPS) is 11.8. The molecule has 0 spiro atoms. The molecule has 152 valence electrons. The van der Waals surface area contributed by atoms with Gasteiger partial charge in [0.1, 0.15) is 5.69 Å². The van der Waals surface area contributed by atoms with Crippen molar-refractivity contribution in [1.29, 1.82) is 0 Å². The van der Waals surface area contributed by atoms with E-state index in [9.17, 15) is 4.79 Å². The number of nitrogens with zero attached hydrogens (tertiary/aromatic N) is 2. The van der Waals surface area contributed by atoms with Gasteiger partial charge in [-0.05, 0) is 12.3 Å². The van der Waals surface area contributed by atoms with E-state index in [0.29, 0.717) is 24.5 Å². The Morgan fingerprint density at radius 2 is 1.82 bits per heavy atom. The molecule has 2 rings (SSSR count). The number of hydrogen-bond acceptors (Lipinski definition) is 5. The van der Waals surface area contributed by atoms with Crippen LogP contribution in [-0.4, -0.2) is 22.5 Å². The molecule has 0 radical (unpaired) electrons. The number of unbranched alkanes of at least 4 members (excludes halogenated alkanes) is 4. The van der Waals surface area contributed by atoms with Crippen molar-refractivity contribution < 1.29 is 14.3 Å². The Bertz CT molecular complexity index is 719.